The molecule has 1 saturated carbocycles. The van der Waals surface area contributed by atoms with Crippen molar-refractivity contribution in [2.75, 3.05) is 0 Å². The van der Waals surface area contributed by atoms with Gasteiger partial charge in [0.2, 0.25) is 0 Å². The summed E-state index contributed by atoms with van der Waals surface area (Å²) in [7, 11) is 0. The number of alkyl halides is 5. The van der Waals surface area contributed by atoms with Crippen molar-refractivity contribution in [3.05, 3.63) is 11.6 Å². The van der Waals surface area contributed by atoms with Crippen LogP contribution in [0.1, 0.15) is 19.8 Å². The van der Waals surface area contributed by atoms with Gasteiger partial charge in [0.1, 0.15) is 0 Å². The molecule has 2 aliphatic carbocycles. The van der Waals surface area contributed by atoms with E-state index in [9.17, 15) is 22.0 Å². The lowest BCUT2D eigenvalue weighted by molar-refractivity contribution is -0.374. The largest absolute Gasteiger partial charge is 0.299 e. The molecule has 2 aliphatic rings. The van der Waals surface area contributed by atoms with Crippen molar-refractivity contribution in [3.8, 4) is 0 Å². The van der Waals surface area contributed by atoms with Crippen molar-refractivity contribution in [2.45, 2.75) is 37.3 Å². The molecule has 0 unspecified atom stereocenters. The van der Waals surface area contributed by atoms with Gasteiger partial charge in [0.15, 0.2) is 0 Å². The summed E-state index contributed by atoms with van der Waals surface area (Å²) in [5.74, 6) is -10.0. The zero-order valence-corrected chi connectivity index (χ0v) is 7.46. The quantitative estimate of drug-likeness (QED) is 0.486. The first kappa shape index (κ1) is 9.93. The minimum atomic E-state index is -3.92. The molecule has 0 aliphatic heterocycles. The first-order valence-electron chi connectivity index (χ1n) is 4.44. The maximum absolute atomic E-state index is 13.5. The minimum Gasteiger partial charge on any atom is -0.225 e. The van der Waals surface area contributed by atoms with Crippen molar-refractivity contribution in [1.82, 2.24) is 0 Å². The molecule has 0 aromatic carbocycles. The summed E-state index contributed by atoms with van der Waals surface area (Å²) >= 11 is 0. The van der Waals surface area contributed by atoms with Crippen LogP contribution in [0, 0.1) is 5.92 Å². The molecule has 14 heavy (non-hydrogen) atoms. The first-order valence-corrected chi connectivity index (χ1v) is 4.44. The van der Waals surface area contributed by atoms with E-state index in [4.69, 9.17) is 0 Å². The van der Waals surface area contributed by atoms with Gasteiger partial charge < -0.3 is 0 Å². The van der Waals surface area contributed by atoms with E-state index in [2.05, 4.69) is 0 Å². The normalized spacial score (nSPS) is 42.7. The molecule has 0 heterocycles. The van der Waals surface area contributed by atoms with E-state index in [0.717, 1.165) is 6.08 Å². The average Bonchev–Trinajstić information content (AvgIpc) is 2.84. The number of allylic oxidation sites excluding steroid dienone is 2. The Kier molecular flexibility index (Phi) is 1.64. The summed E-state index contributed by atoms with van der Waals surface area (Å²) < 4.78 is 66.1. The molecule has 2 rings (SSSR count). The van der Waals surface area contributed by atoms with Crippen molar-refractivity contribution in [3.63, 3.8) is 0 Å². The van der Waals surface area contributed by atoms with Crippen LogP contribution in [0.5, 0.6) is 0 Å². The number of halogens is 5. The maximum Gasteiger partial charge on any atom is 0.299 e. The molecule has 80 valence electrons. The van der Waals surface area contributed by atoms with E-state index in [1.165, 1.54) is 6.92 Å². The Labute approximate surface area is 77.8 Å². The fraction of sp³-hybridized carbons (Fsp3) is 0.778. The molecule has 0 bridgehead atoms. The van der Waals surface area contributed by atoms with E-state index < -0.39 is 35.4 Å². The van der Waals surface area contributed by atoms with Gasteiger partial charge in [-0.15, -0.1) is 0 Å². The van der Waals surface area contributed by atoms with Gasteiger partial charge in [0.05, 0.1) is 5.92 Å². The highest BCUT2D eigenvalue weighted by Gasteiger charge is 2.88. The van der Waals surface area contributed by atoms with E-state index in [0.29, 0.717) is 0 Å². The summed E-state index contributed by atoms with van der Waals surface area (Å²) in [6.07, 6.45) is 0.616. The van der Waals surface area contributed by atoms with Crippen LogP contribution in [0.2, 0.25) is 0 Å². The highest BCUT2D eigenvalue weighted by atomic mass is 19.3. The molecular formula is C9H9F5. The van der Waals surface area contributed by atoms with Crippen molar-refractivity contribution in [1.29, 1.82) is 0 Å². The van der Waals surface area contributed by atoms with Gasteiger partial charge in [-0.1, -0.05) is 13.0 Å². The van der Waals surface area contributed by atoms with Gasteiger partial charge >= 0.3 is 0 Å². The van der Waals surface area contributed by atoms with Gasteiger partial charge in [-0.2, -0.15) is 0 Å². The lowest BCUT2D eigenvalue weighted by Gasteiger charge is -2.54. The molecule has 0 spiro atoms. The second kappa shape index (κ2) is 2.31. The van der Waals surface area contributed by atoms with Gasteiger partial charge in [-0.25, -0.2) is 22.0 Å². The fourth-order valence-electron chi connectivity index (χ4n) is 2.13. The fourth-order valence-corrected chi connectivity index (χ4v) is 2.13. The number of hydrogen-bond acceptors (Lipinski definition) is 0. The third kappa shape index (κ3) is 0.754. The van der Waals surface area contributed by atoms with Crippen LogP contribution in [0.3, 0.4) is 0 Å². The standard InChI is InChI=1S/C9H9F5/c1-2-6-8(11,12)7(10,5-3-4-5)9(6,13)14/h3,6H,2,4H2,1H3. The molecule has 0 aromatic rings. The predicted molar refractivity (Wildman–Crippen MR) is 40.2 cm³/mol. The Morgan fingerprint density at radius 1 is 1.21 bits per heavy atom. The second-order valence-corrected chi connectivity index (χ2v) is 3.80. The van der Waals surface area contributed by atoms with Crippen LogP contribution >= 0.6 is 0 Å². The molecule has 1 fully saturated rings. The van der Waals surface area contributed by atoms with E-state index in [-0.39, 0.29) is 6.42 Å². The number of hydrogen-bond donors (Lipinski definition) is 0. The molecule has 0 radical (unpaired) electrons. The molecule has 0 saturated heterocycles. The monoisotopic (exact) mass is 212 g/mol. The Morgan fingerprint density at radius 3 is 1.93 bits per heavy atom. The third-order valence-corrected chi connectivity index (χ3v) is 3.05. The Hall–Kier alpha value is -0.610. The summed E-state index contributed by atoms with van der Waals surface area (Å²) in [5.41, 5.74) is -4.15. The number of rotatable bonds is 2. The lowest BCUT2D eigenvalue weighted by Crippen LogP contribution is -2.76. The third-order valence-electron chi connectivity index (χ3n) is 3.05. The highest BCUT2D eigenvalue weighted by molar-refractivity contribution is 5.44. The SMILES string of the molecule is CCC1C(F)(F)C(F)(C2=CC2)C1(F)F. The van der Waals surface area contributed by atoms with Crippen LogP contribution in [0.4, 0.5) is 22.0 Å². The smallest absolute Gasteiger partial charge is 0.225 e. The van der Waals surface area contributed by atoms with Crippen LogP contribution in [0.15, 0.2) is 11.6 Å². The van der Waals surface area contributed by atoms with Crippen molar-refractivity contribution in [2.24, 2.45) is 5.92 Å². The Morgan fingerprint density at radius 2 is 1.64 bits per heavy atom. The lowest BCUT2D eigenvalue weighted by atomic mass is 9.62. The van der Waals surface area contributed by atoms with Crippen LogP contribution in [-0.4, -0.2) is 17.5 Å². The molecule has 0 amide bonds. The van der Waals surface area contributed by atoms with Gasteiger partial charge in [0.25, 0.3) is 17.5 Å². The summed E-state index contributed by atoms with van der Waals surface area (Å²) in [6.45, 7) is 1.22. The first-order chi connectivity index (χ1) is 6.30. The summed E-state index contributed by atoms with van der Waals surface area (Å²) in [5, 5.41) is 0. The summed E-state index contributed by atoms with van der Waals surface area (Å²) in [6, 6.07) is 0. The molecule has 5 heteroatoms. The zero-order valence-electron chi connectivity index (χ0n) is 7.46. The molecule has 0 N–H and O–H groups in total. The van der Waals surface area contributed by atoms with Crippen molar-refractivity contribution >= 4 is 0 Å². The highest BCUT2D eigenvalue weighted by Crippen LogP contribution is 2.69. The van der Waals surface area contributed by atoms with Gasteiger partial charge in [0, 0.05) is 0 Å². The van der Waals surface area contributed by atoms with Crippen LogP contribution in [-0.2, 0) is 0 Å². The molecule has 0 nitrogen and oxygen atoms in total. The minimum absolute atomic E-state index is 0.0574. The van der Waals surface area contributed by atoms with E-state index in [1.807, 2.05) is 0 Å². The van der Waals surface area contributed by atoms with Gasteiger partial charge in [-0.3, -0.25) is 0 Å². The molecule has 0 atom stereocenters. The van der Waals surface area contributed by atoms with E-state index in [1.54, 1.807) is 0 Å². The second-order valence-electron chi connectivity index (χ2n) is 3.80. The van der Waals surface area contributed by atoms with Crippen LogP contribution in [0.25, 0.3) is 0 Å². The summed E-state index contributed by atoms with van der Waals surface area (Å²) in [4.78, 5) is 0. The molecular weight excluding hydrogens is 203 g/mol. The predicted octanol–water partition coefficient (Wildman–Crippen LogP) is 3.34. The maximum atomic E-state index is 13.5. The Balaban J connectivity index is 2.39. The average molecular weight is 212 g/mol. The van der Waals surface area contributed by atoms with Crippen molar-refractivity contribution < 1.29 is 22.0 Å². The molecule has 0 aromatic heterocycles. The zero-order chi connectivity index (χ0) is 10.8. The van der Waals surface area contributed by atoms with Gasteiger partial charge in [-0.05, 0) is 18.4 Å². The van der Waals surface area contributed by atoms with Crippen LogP contribution < -0.4 is 0 Å². The van der Waals surface area contributed by atoms with E-state index >= 15 is 0 Å². The Bertz CT molecular complexity index is 288. The topological polar surface area (TPSA) is 0 Å².